The van der Waals surface area contributed by atoms with Crippen LogP contribution in [0, 0.1) is 6.92 Å². The second kappa shape index (κ2) is 3.87. The van der Waals surface area contributed by atoms with Gasteiger partial charge in [-0.2, -0.15) is 0 Å². The number of halogens is 3. The fraction of sp³-hybridized carbons (Fsp3) is 0.375. The second-order valence-electron chi connectivity index (χ2n) is 2.64. The molecule has 13 heavy (non-hydrogen) atoms. The molecule has 1 aromatic rings. The Balaban J connectivity index is 3.27. The van der Waals surface area contributed by atoms with Gasteiger partial charge in [-0.25, -0.2) is 13.8 Å². The topological polar surface area (TPSA) is 38.9 Å². The third-order valence-electron chi connectivity index (χ3n) is 1.79. The molecule has 1 heterocycles. The Kier molecular flexibility index (Phi) is 3.03. The molecule has 1 aromatic heterocycles. The third kappa shape index (κ3) is 2.06. The average molecular weight is 207 g/mol. The van der Waals surface area contributed by atoms with Crippen LogP contribution in [0.15, 0.2) is 6.07 Å². The minimum Gasteiger partial charge on any atom is -0.384 e. The van der Waals surface area contributed by atoms with Gasteiger partial charge in [0, 0.05) is 5.56 Å². The molecular formula is C8H9ClF2N2. The van der Waals surface area contributed by atoms with E-state index in [0.717, 1.165) is 0 Å². The first-order chi connectivity index (χ1) is 6.06. The van der Waals surface area contributed by atoms with Crippen LogP contribution in [0.25, 0.3) is 0 Å². The number of aromatic nitrogens is 1. The van der Waals surface area contributed by atoms with Crippen LogP contribution in [0.5, 0.6) is 0 Å². The van der Waals surface area contributed by atoms with Gasteiger partial charge in [-0.05, 0) is 18.6 Å². The van der Waals surface area contributed by atoms with Gasteiger partial charge in [0.2, 0.25) is 0 Å². The first kappa shape index (κ1) is 10.2. The molecule has 0 radical (unpaired) electrons. The van der Waals surface area contributed by atoms with Crippen molar-refractivity contribution in [2.75, 3.05) is 5.73 Å². The fourth-order valence-electron chi connectivity index (χ4n) is 1.06. The molecule has 0 aliphatic rings. The SMILES string of the molecule is Cc1c(C(F)F)cc(N)nc1CCl. The lowest BCUT2D eigenvalue weighted by Crippen LogP contribution is -2.02. The van der Waals surface area contributed by atoms with Crippen molar-refractivity contribution in [3.05, 3.63) is 22.9 Å². The maximum atomic E-state index is 12.4. The van der Waals surface area contributed by atoms with Crippen molar-refractivity contribution >= 4 is 17.4 Å². The Hall–Kier alpha value is -0.900. The van der Waals surface area contributed by atoms with Gasteiger partial charge >= 0.3 is 0 Å². The quantitative estimate of drug-likeness (QED) is 0.756. The van der Waals surface area contributed by atoms with Crippen LogP contribution in [0.2, 0.25) is 0 Å². The fourth-order valence-corrected chi connectivity index (χ4v) is 1.32. The lowest BCUT2D eigenvalue weighted by Gasteiger charge is -2.08. The predicted molar refractivity (Wildman–Crippen MR) is 47.9 cm³/mol. The van der Waals surface area contributed by atoms with Crippen molar-refractivity contribution in [1.82, 2.24) is 4.98 Å². The molecule has 1 rings (SSSR count). The molecule has 72 valence electrons. The van der Waals surface area contributed by atoms with E-state index in [0.29, 0.717) is 11.3 Å². The Morgan fingerprint density at radius 3 is 2.69 bits per heavy atom. The molecule has 0 aromatic carbocycles. The lowest BCUT2D eigenvalue weighted by molar-refractivity contribution is 0.150. The summed E-state index contributed by atoms with van der Waals surface area (Å²) in [5.74, 6) is 0.174. The number of hydrogen-bond donors (Lipinski definition) is 1. The largest absolute Gasteiger partial charge is 0.384 e. The Morgan fingerprint density at radius 2 is 2.23 bits per heavy atom. The number of nitrogens with zero attached hydrogens (tertiary/aromatic N) is 1. The maximum Gasteiger partial charge on any atom is 0.264 e. The molecule has 0 spiro atoms. The maximum absolute atomic E-state index is 12.4. The summed E-state index contributed by atoms with van der Waals surface area (Å²) in [5.41, 5.74) is 6.07. The number of rotatable bonds is 2. The summed E-state index contributed by atoms with van der Waals surface area (Å²) in [6.45, 7) is 1.56. The van der Waals surface area contributed by atoms with E-state index in [1.54, 1.807) is 6.92 Å². The van der Waals surface area contributed by atoms with Crippen molar-refractivity contribution < 1.29 is 8.78 Å². The molecule has 5 heteroatoms. The number of anilines is 1. The minimum absolute atomic E-state index is 0.0801. The number of nitrogen functional groups attached to an aromatic ring is 1. The van der Waals surface area contributed by atoms with Crippen LogP contribution >= 0.6 is 11.6 Å². The molecule has 0 aliphatic carbocycles. The Labute approximate surface area is 79.7 Å². The van der Waals surface area contributed by atoms with Crippen LogP contribution in [0.4, 0.5) is 14.6 Å². The highest BCUT2D eigenvalue weighted by atomic mass is 35.5. The van der Waals surface area contributed by atoms with Crippen LogP contribution < -0.4 is 5.73 Å². The molecule has 0 bridgehead atoms. The van der Waals surface area contributed by atoms with Crippen LogP contribution in [-0.4, -0.2) is 4.98 Å². The number of hydrogen-bond acceptors (Lipinski definition) is 2. The summed E-state index contributed by atoms with van der Waals surface area (Å²) in [6.07, 6.45) is -2.53. The molecule has 0 saturated heterocycles. The average Bonchev–Trinajstić information content (AvgIpc) is 2.08. The highest BCUT2D eigenvalue weighted by Gasteiger charge is 2.14. The summed E-state index contributed by atoms with van der Waals surface area (Å²) in [4.78, 5) is 3.85. The van der Waals surface area contributed by atoms with Crippen LogP contribution in [0.1, 0.15) is 23.2 Å². The zero-order valence-electron chi connectivity index (χ0n) is 7.02. The van der Waals surface area contributed by atoms with Gasteiger partial charge in [0.25, 0.3) is 6.43 Å². The van der Waals surface area contributed by atoms with E-state index in [-0.39, 0.29) is 17.3 Å². The standard InChI is InChI=1S/C8H9ClF2N2/c1-4-5(8(10)11)2-7(12)13-6(4)3-9/h2,8H,3H2,1H3,(H2,12,13). The highest BCUT2D eigenvalue weighted by molar-refractivity contribution is 6.17. The van der Waals surface area contributed by atoms with Crippen LogP contribution in [-0.2, 0) is 5.88 Å². The highest BCUT2D eigenvalue weighted by Crippen LogP contribution is 2.26. The van der Waals surface area contributed by atoms with E-state index in [1.165, 1.54) is 6.07 Å². The van der Waals surface area contributed by atoms with Crippen molar-refractivity contribution in [2.24, 2.45) is 0 Å². The van der Waals surface area contributed by atoms with Crippen molar-refractivity contribution in [3.63, 3.8) is 0 Å². The Morgan fingerprint density at radius 1 is 1.62 bits per heavy atom. The van der Waals surface area contributed by atoms with Crippen molar-refractivity contribution in [2.45, 2.75) is 19.2 Å². The van der Waals surface area contributed by atoms with Gasteiger partial charge in [-0.15, -0.1) is 11.6 Å². The van der Waals surface area contributed by atoms with Gasteiger partial charge in [0.1, 0.15) is 5.82 Å². The Bertz CT molecular complexity index is 315. The summed E-state index contributed by atoms with van der Waals surface area (Å²) < 4.78 is 24.8. The number of alkyl halides is 3. The molecule has 0 atom stereocenters. The van der Waals surface area contributed by atoms with E-state index in [4.69, 9.17) is 17.3 Å². The molecule has 0 fully saturated rings. The van der Waals surface area contributed by atoms with E-state index in [9.17, 15) is 8.78 Å². The van der Waals surface area contributed by atoms with E-state index in [1.807, 2.05) is 0 Å². The molecule has 0 saturated carbocycles. The smallest absolute Gasteiger partial charge is 0.264 e. The van der Waals surface area contributed by atoms with E-state index >= 15 is 0 Å². The van der Waals surface area contributed by atoms with Crippen molar-refractivity contribution in [1.29, 1.82) is 0 Å². The molecular weight excluding hydrogens is 198 g/mol. The van der Waals surface area contributed by atoms with Gasteiger partial charge in [0.05, 0.1) is 11.6 Å². The lowest BCUT2D eigenvalue weighted by atomic mass is 10.1. The van der Waals surface area contributed by atoms with Gasteiger partial charge in [-0.1, -0.05) is 0 Å². The van der Waals surface area contributed by atoms with Crippen LogP contribution in [0.3, 0.4) is 0 Å². The summed E-state index contributed by atoms with van der Waals surface area (Å²) in [5, 5.41) is 0. The summed E-state index contributed by atoms with van der Waals surface area (Å²) in [7, 11) is 0. The number of pyridine rings is 1. The predicted octanol–water partition coefficient (Wildman–Crippen LogP) is 2.65. The zero-order valence-corrected chi connectivity index (χ0v) is 7.78. The first-order valence-electron chi connectivity index (χ1n) is 3.66. The molecule has 2 nitrogen and oxygen atoms in total. The molecule has 2 N–H and O–H groups in total. The molecule has 0 aliphatic heterocycles. The monoisotopic (exact) mass is 206 g/mol. The first-order valence-corrected chi connectivity index (χ1v) is 4.19. The van der Waals surface area contributed by atoms with Gasteiger partial charge in [-0.3, -0.25) is 0 Å². The number of nitrogens with two attached hydrogens (primary N) is 1. The van der Waals surface area contributed by atoms with E-state index in [2.05, 4.69) is 4.98 Å². The summed E-state index contributed by atoms with van der Waals surface area (Å²) >= 11 is 5.52. The normalized spacial score (nSPS) is 10.8. The van der Waals surface area contributed by atoms with Gasteiger partial charge in [0.15, 0.2) is 0 Å². The third-order valence-corrected chi connectivity index (χ3v) is 2.05. The second-order valence-corrected chi connectivity index (χ2v) is 2.91. The van der Waals surface area contributed by atoms with Gasteiger partial charge < -0.3 is 5.73 Å². The van der Waals surface area contributed by atoms with Crippen molar-refractivity contribution in [3.8, 4) is 0 Å². The molecule has 0 amide bonds. The van der Waals surface area contributed by atoms with E-state index < -0.39 is 6.43 Å². The molecule has 0 unspecified atom stereocenters. The zero-order chi connectivity index (χ0) is 10.0. The minimum atomic E-state index is -2.53. The summed E-state index contributed by atoms with van der Waals surface area (Å²) in [6, 6.07) is 1.18.